The molecule has 2 aliphatic heterocycles. The summed E-state index contributed by atoms with van der Waals surface area (Å²) in [6.07, 6.45) is -4.86. The predicted molar refractivity (Wildman–Crippen MR) is 117 cm³/mol. The van der Waals surface area contributed by atoms with Gasteiger partial charge in [0.05, 0.1) is 24.5 Å². The van der Waals surface area contributed by atoms with E-state index in [0.717, 1.165) is 0 Å². The van der Waals surface area contributed by atoms with Gasteiger partial charge in [0.1, 0.15) is 11.5 Å². The van der Waals surface area contributed by atoms with Gasteiger partial charge in [-0.1, -0.05) is 5.92 Å². The summed E-state index contributed by atoms with van der Waals surface area (Å²) in [5, 5.41) is 5.95. The lowest BCUT2D eigenvalue weighted by molar-refractivity contribution is -0.208. The first-order valence-corrected chi connectivity index (χ1v) is 10.3. The van der Waals surface area contributed by atoms with Gasteiger partial charge >= 0.3 is 12.2 Å². The van der Waals surface area contributed by atoms with Gasteiger partial charge in [0, 0.05) is 23.2 Å². The molecule has 182 valence electrons. The Labute approximate surface area is 197 Å². The van der Waals surface area contributed by atoms with Crippen molar-refractivity contribution in [1.82, 2.24) is 9.97 Å². The Morgan fingerprint density at radius 2 is 2.11 bits per heavy atom. The quantitative estimate of drug-likeness (QED) is 0.376. The third-order valence-electron chi connectivity index (χ3n) is 5.41. The molecule has 0 fully saturated rings. The normalized spacial score (nSPS) is 21.3. The molecule has 13 heteroatoms. The van der Waals surface area contributed by atoms with Gasteiger partial charge in [-0.2, -0.15) is 18.7 Å². The van der Waals surface area contributed by atoms with E-state index >= 15 is 4.39 Å². The van der Waals surface area contributed by atoms with Crippen LogP contribution in [0.25, 0.3) is 0 Å². The van der Waals surface area contributed by atoms with Crippen molar-refractivity contribution in [2.45, 2.75) is 44.6 Å². The molecule has 3 heterocycles. The zero-order valence-electron chi connectivity index (χ0n) is 18.6. The van der Waals surface area contributed by atoms with Gasteiger partial charge in [-0.3, -0.25) is 4.99 Å². The van der Waals surface area contributed by atoms with Crippen LogP contribution in [0.5, 0.6) is 5.88 Å². The number of hydrogen-bond donors (Lipinski definition) is 2. The first-order chi connectivity index (χ1) is 16.6. The molecule has 2 aromatic rings. The van der Waals surface area contributed by atoms with Crippen molar-refractivity contribution in [2.75, 3.05) is 11.9 Å². The summed E-state index contributed by atoms with van der Waals surface area (Å²) in [6, 6.07) is 1.82. The zero-order valence-corrected chi connectivity index (χ0v) is 18.6. The molecule has 9 nitrogen and oxygen atoms in total. The third kappa shape index (κ3) is 5.06. The smallest absolute Gasteiger partial charge is 0.425 e. The molecule has 1 aromatic carbocycles. The van der Waals surface area contributed by atoms with E-state index in [-0.39, 0.29) is 24.6 Å². The number of aromatic nitrogens is 2. The van der Waals surface area contributed by atoms with Gasteiger partial charge in [-0.05, 0) is 26.0 Å². The minimum Gasteiger partial charge on any atom is -0.463 e. The van der Waals surface area contributed by atoms with Crippen molar-refractivity contribution in [3.63, 3.8) is 0 Å². The number of aliphatic imine (C=N–C) groups is 2. The molecule has 2 aliphatic rings. The summed E-state index contributed by atoms with van der Waals surface area (Å²) in [5.74, 6) is 5.31. The molecular weight excluding hydrogens is 470 g/mol. The molecule has 0 saturated heterocycles. The molecule has 0 aliphatic carbocycles. The molecule has 0 bridgehead atoms. The maximum Gasteiger partial charge on any atom is 0.425 e. The fraction of sp³-hybridized carbons (Fsp3) is 0.364. The molecule has 2 N–H and O–H groups in total. The van der Waals surface area contributed by atoms with E-state index in [4.69, 9.17) is 10.3 Å². The molecule has 2 atom stereocenters. The van der Waals surface area contributed by atoms with Gasteiger partial charge < -0.3 is 14.8 Å². The molecule has 0 saturated carbocycles. The van der Waals surface area contributed by atoms with Crippen LogP contribution in [0.1, 0.15) is 37.1 Å². The van der Waals surface area contributed by atoms with E-state index in [9.17, 15) is 13.2 Å². The number of halogens is 4. The van der Waals surface area contributed by atoms with E-state index in [0.29, 0.717) is 22.8 Å². The Balaban J connectivity index is 1.62. The second kappa shape index (κ2) is 9.28. The molecule has 4 rings (SSSR count). The molecule has 35 heavy (non-hydrogen) atoms. The van der Waals surface area contributed by atoms with E-state index < -0.39 is 36.1 Å². The monoisotopic (exact) mass is 489 g/mol. The lowest BCUT2D eigenvalue weighted by atomic mass is 9.84. The molecule has 0 spiro atoms. The summed E-state index contributed by atoms with van der Waals surface area (Å²) < 4.78 is 65.3. The summed E-state index contributed by atoms with van der Waals surface area (Å²) in [4.78, 5) is 16.7. The number of alkyl halides is 3. The van der Waals surface area contributed by atoms with Gasteiger partial charge in [0.25, 0.3) is 0 Å². The highest BCUT2D eigenvalue weighted by atomic mass is 19.4. The van der Waals surface area contributed by atoms with Crippen molar-refractivity contribution in [1.29, 1.82) is 5.53 Å². The first kappa shape index (κ1) is 24.1. The van der Waals surface area contributed by atoms with Crippen LogP contribution < -0.4 is 10.1 Å². The van der Waals surface area contributed by atoms with Gasteiger partial charge in [-0.25, -0.2) is 19.4 Å². The number of rotatable bonds is 4. The SMILES string of the molecule is CC#CCOc1cnc(C2=NCc3cc(F)c([C@]4(C)C[C@@H](C(F)(F)F)OC(N=N)=N4)cc3N2)cn1. The standard InChI is InChI=1S/C22H19F4N7O2/c1-3-4-5-34-18-11-28-16(10-29-18)19-30-9-12-6-14(23)13(7-15(12)31-19)21(2)8-17(22(24,25)26)35-20(32-21)33-27/h6-7,10-11,17,27H,5,8-9H2,1-2H3,(H,30,31)/t17-,21-/m0/s1. The molecular formula is C22H19F4N7O2. The number of anilines is 1. The summed E-state index contributed by atoms with van der Waals surface area (Å²) in [5.41, 5.74) is 6.62. The maximum absolute atomic E-state index is 15.1. The van der Waals surface area contributed by atoms with Crippen LogP contribution in [-0.2, 0) is 16.8 Å². The number of hydrogen-bond acceptors (Lipinski definition) is 9. The second-order valence-electron chi connectivity index (χ2n) is 7.87. The van der Waals surface area contributed by atoms with Crippen LogP contribution in [-0.4, -0.2) is 40.7 Å². The number of fused-ring (bicyclic) bond motifs is 1. The Kier molecular flexibility index (Phi) is 6.38. The maximum atomic E-state index is 15.1. The first-order valence-electron chi connectivity index (χ1n) is 10.3. The summed E-state index contributed by atoms with van der Waals surface area (Å²) in [7, 11) is 0. The molecule has 0 radical (unpaired) electrons. The van der Waals surface area contributed by atoms with E-state index in [1.54, 1.807) is 6.92 Å². The number of benzene rings is 1. The Hall–Kier alpha value is -4.08. The van der Waals surface area contributed by atoms with Gasteiger partial charge in [-0.15, -0.1) is 11.0 Å². The fourth-order valence-electron chi connectivity index (χ4n) is 3.66. The summed E-state index contributed by atoms with van der Waals surface area (Å²) in [6.45, 7) is 3.31. The third-order valence-corrected chi connectivity index (χ3v) is 5.41. The fourth-order valence-corrected chi connectivity index (χ4v) is 3.66. The van der Waals surface area contributed by atoms with E-state index in [2.05, 4.69) is 47.0 Å². The lowest BCUT2D eigenvalue weighted by Crippen LogP contribution is -2.43. The van der Waals surface area contributed by atoms with Crippen molar-refractivity contribution in [3.8, 4) is 17.7 Å². The van der Waals surface area contributed by atoms with E-state index in [1.807, 2.05) is 0 Å². The predicted octanol–water partition coefficient (Wildman–Crippen LogP) is 4.34. The van der Waals surface area contributed by atoms with Crippen molar-refractivity contribution < 1.29 is 27.0 Å². The second-order valence-corrected chi connectivity index (χ2v) is 7.87. The van der Waals surface area contributed by atoms with Crippen LogP contribution in [0.3, 0.4) is 0 Å². The zero-order chi connectivity index (χ0) is 25.2. The van der Waals surface area contributed by atoms with Crippen LogP contribution >= 0.6 is 0 Å². The number of ether oxygens (including phenoxy) is 2. The number of nitrogens with one attached hydrogen (secondary N) is 2. The van der Waals surface area contributed by atoms with Crippen molar-refractivity contribution in [3.05, 3.63) is 47.2 Å². The van der Waals surface area contributed by atoms with Crippen LogP contribution in [0, 0.1) is 23.2 Å². The van der Waals surface area contributed by atoms with Crippen molar-refractivity contribution in [2.24, 2.45) is 15.1 Å². The molecule has 0 unspecified atom stereocenters. The van der Waals surface area contributed by atoms with E-state index in [1.165, 1.54) is 31.5 Å². The number of nitrogens with zero attached hydrogens (tertiary/aromatic N) is 5. The molecule has 1 aromatic heterocycles. The van der Waals surface area contributed by atoms with Crippen molar-refractivity contribution >= 4 is 17.5 Å². The highest BCUT2D eigenvalue weighted by molar-refractivity contribution is 6.08. The largest absolute Gasteiger partial charge is 0.463 e. The van der Waals surface area contributed by atoms with Crippen LogP contribution in [0.4, 0.5) is 23.2 Å². The lowest BCUT2D eigenvalue weighted by Gasteiger charge is -2.36. The minimum absolute atomic E-state index is 0.101. The minimum atomic E-state index is -4.74. The van der Waals surface area contributed by atoms with Crippen LogP contribution in [0.15, 0.2) is 39.6 Å². The molecule has 0 amide bonds. The average Bonchev–Trinajstić information content (AvgIpc) is 2.83. The number of amidine groups is 2. The Morgan fingerprint density at radius 1 is 1.31 bits per heavy atom. The highest BCUT2D eigenvalue weighted by Crippen LogP contribution is 2.43. The Morgan fingerprint density at radius 3 is 2.77 bits per heavy atom. The van der Waals surface area contributed by atoms with Gasteiger partial charge in [0.2, 0.25) is 5.88 Å². The van der Waals surface area contributed by atoms with Gasteiger partial charge in [0.15, 0.2) is 18.5 Å². The van der Waals surface area contributed by atoms with Crippen LogP contribution in [0.2, 0.25) is 0 Å². The summed E-state index contributed by atoms with van der Waals surface area (Å²) >= 11 is 0. The highest BCUT2D eigenvalue weighted by Gasteiger charge is 2.50. The average molecular weight is 489 g/mol. The Bertz CT molecular complexity index is 1270. The topological polar surface area (TPSA) is 117 Å².